The number of nitrogens with zero attached hydrogens (tertiary/aromatic N) is 2. The van der Waals surface area contributed by atoms with Crippen molar-refractivity contribution in [2.24, 2.45) is 0 Å². The average molecular weight is 303 g/mol. The van der Waals surface area contributed by atoms with Gasteiger partial charge in [-0.2, -0.15) is 0 Å². The van der Waals surface area contributed by atoms with Crippen LogP contribution in [0.1, 0.15) is 15.6 Å². The molecule has 2 rings (SSSR count). The van der Waals surface area contributed by atoms with Gasteiger partial charge in [0.25, 0.3) is 10.0 Å². The van der Waals surface area contributed by atoms with Crippen molar-refractivity contribution in [2.45, 2.75) is 24.5 Å². The van der Waals surface area contributed by atoms with Gasteiger partial charge in [-0.15, -0.1) is 11.3 Å². The van der Waals surface area contributed by atoms with Crippen molar-refractivity contribution in [3.05, 3.63) is 27.8 Å². The third-order valence-electron chi connectivity index (χ3n) is 2.26. The fourth-order valence-corrected chi connectivity index (χ4v) is 4.64. The van der Waals surface area contributed by atoms with Gasteiger partial charge in [-0.05, 0) is 37.9 Å². The maximum atomic E-state index is 12.0. The lowest BCUT2D eigenvalue weighted by atomic mass is 10.4. The molecule has 1 N–H and O–H groups in total. The quantitative estimate of drug-likeness (QED) is 0.913. The average Bonchev–Trinajstić information content (AvgIpc) is 2.88. The molecule has 8 heteroatoms. The molecule has 0 atom stereocenters. The lowest BCUT2D eigenvalue weighted by Gasteiger charge is -2.03. The predicted octanol–water partition coefficient (Wildman–Crippen LogP) is 1.74. The summed E-state index contributed by atoms with van der Waals surface area (Å²) in [6, 6.07) is 1.89. The summed E-state index contributed by atoms with van der Waals surface area (Å²) in [5, 5.41) is 0.760. The third kappa shape index (κ3) is 3.14. The van der Waals surface area contributed by atoms with Gasteiger partial charge in [0.1, 0.15) is 0 Å². The fourth-order valence-electron chi connectivity index (χ4n) is 1.51. The lowest BCUT2D eigenvalue weighted by molar-refractivity contribution is 0.583. The summed E-state index contributed by atoms with van der Waals surface area (Å²) in [4.78, 5) is 5.19. The van der Waals surface area contributed by atoms with E-state index >= 15 is 0 Å². The van der Waals surface area contributed by atoms with Gasteiger partial charge in [0.05, 0.1) is 10.7 Å². The topological polar surface area (TPSA) is 72.0 Å². The Morgan fingerprint density at radius 2 is 2.17 bits per heavy atom. The summed E-state index contributed by atoms with van der Waals surface area (Å²) in [6.07, 6.45) is 2.37. The Balaban J connectivity index is 2.02. The Hall–Kier alpha value is -0.830. The molecule has 2 aromatic rings. The van der Waals surface area contributed by atoms with Gasteiger partial charge in [0, 0.05) is 17.6 Å². The molecule has 0 amide bonds. The highest BCUT2D eigenvalue weighted by atomic mass is 32.2. The second-order valence-corrected chi connectivity index (χ2v) is 7.82. The molecular formula is C10H13N3O2S3. The van der Waals surface area contributed by atoms with E-state index in [4.69, 9.17) is 0 Å². The number of thiazole rings is 1. The van der Waals surface area contributed by atoms with Crippen LogP contribution in [0.15, 0.2) is 16.5 Å². The Kier molecular flexibility index (Phi) is 4.10. The molecule has 0 spiro atoms. The van der Waals surface area contributed by atoms with E-state index in [1.165, 1.54) is 22.9 Å². The molecular weight excluding hydrogens is 290 g/mol. The molecule has 0 saturated carbocycles. The predicted molar refractivity (Wildman–Crippen MR) is 72.6 cm³/mol. The van der Waals surface area contributed by atoms with Crippen molar-refractivity contribution < 1.29 is 8.42 Å². The molecule has 0 bridgehead atoms. The van der Waals surface area contributed by atoms with Crippen LogP contribution < -0.4 is 4.72 Å². The van der Waals surface area contributed by atoms with E-state index in [9.17, 15) is 8.42 Å². The SMILES string of the molecule is Cc1nc(C)c(S(=O)(=O)NCCc2ccns2)s1. The summed E-state index contributed by atoms with van der Waals surface area (Å²) < 4.78 is 31.0. The largest absolute Gasteiger partial charge is 0.251 e. The highest BCUT2D eigenvalue weighted by Crippen LogP contribution is 2.22. The fraction of sp³-hybridized carbons (Fsp3) is 0.400. The molecule has 0 aromatic carbocycles. The van der Waals surface area contributed by atoms with Crippen LogP contribution in [0.5, 0.6) is 0 Å². The minimum Gasteiger partial charge on any atom is -0.245 e. The van der Waals surface area contributed by atoms with Crippen LogP contribution in [0.3, 0.4) is 0 Å². The second-order valence-electron chi connectivity index (χ2n) is 3.73. The first kappa shape index (κ1) is 13.6. The van der Waals surface area contributed by atoms with Crippen LogP contribution in [0.25, 0.3) is 0 Å². The van der Waals surface area contributed by atoms with Gasteiger partial charge in [0.2, 0.25) is 0 Å². The Morgan fingerprint density at radius 1 is 1.39 bits per heavy atom. The molecule has 0 radical (unpaired) electrons. The lowest BCUT2D eigenvalue weighted by Crippen LogP contribution is -2.25. The van der Waals surface area contributed by atoms with E-state index in [1.807, 2.05) is 6.07 Å². The zero-order valence-corrected chi connectivity index (χ0v) is 12.5. The molecule has 0 aliphatic carbocycles. The summed E-state index contributed by atoms with van der Waals surface area (Å²) in [5.74, 6) is 0. The number of aryl methyl sites for hydroxylation is 2. The van der Waals surface area contributed by atoms with Crippen LogP contribution >= 0.6 is 22.9 Å². The first-order valence-corrected chi connectivity index (χ1v) is 8.39. The van der Waals surface area contributed by atoms with Crippen LogP contribution in [0, 0.1) is 13.8 Å². The molecule has 0 unspecified atom stereocenters. The van der Waals surface area contributed by atoms with E-state index < -0.39 is 10.0 Å². The van der Waals surface area contributed by atoms with E-state index in [2.05, 4.69) is 14.1 Å². The smallest absolute Gasteiger partial charge is 0.245 e. The molecule has 0 saturated heterocycles. The van der Waals surface area contributed by atoms with Crippen LogP contribution in [-0.4, -0.2) is 24.3 Å². The maximum absolute atomic E-state index is 12.0. The summed E-state index contributed by atoms with van der Waals surface area (Å²) in [5.41, 5.74) is 0.558. The Morgan fingerprint density at radius 3 is 2.72 bits per heavy atom. The van der Waals surface area contributed by atoms with Gasteiger partial charge in [-0.3, -0.25) is 0 Å². The van der Waals surface area contributed by atoms with Gasteiger partial charge < -0.3 is 0 Å². The standard InChI is InChI=1S/C10H13N3O2S3/c1-7-10(16-8(2)13-7)18(14,15)12-6-4-9-3-5-11-17-9/h3,5,12H,4,6H2,1-2H3. The van der Waals surface area contributed by atoms with E-state index in [0.29, 0.717) is 22.9 Å². The second kappa shape index (κ2) is 5.43. The number of aromatic nitrogens is 2. The highest BCUT2D eigenvalue weighted by Gasteiger charge is 2.20. The van der Waals surface area contributed by atoms with Crippen molar-refractivity contribution in [2.75, 3.05) is 6.54 Å². The summed E-state index contributed by atoms with van der Waals surface area (Å²) >= 11 is 2.58. The molecule has 0 aliphatic rings. The van der Waals surface area contributed by atoms with Crippen LogP contribution in [0.4, 0.5) is 0 Å². The van der Waals surface area contributed by atoms with Crippen molar-refractivity contribution in [3.8, 4) is 0 Å². The van der Waals surface area contributed by atoms with Crippen LogP contribution in [-0.2, 0) is 16.4 Å². The normalized spacial score (nSPS) is 11.9. The molecule has 0 fully saturated rings. The summed E-state index contributed by atoms with van der Waals surface area (Å²) in [6.45, 7) is 3.89. The van der Waals surface area contributed by atoms with E-state index in [-0.39, 0.29) is 0 Å². The number of hydrogen-bond donors (Lipinski definition) is 1. The van der Waals surface area contributed by atoms with Gasteiger partial charge in [-0.1, -0.05) is 0 Å². The van der Waals surface area contributed by atoms with Gasteiger partial charge in [0.15, 0.2) is 4.21 Å². The molecule has 0 aliphatic heterocycles. The van der Waals surface area contributed by atoms with Crippen molar-refractivity contribution in [3.63, 3.8) is 0 Å². The Labute approximate surface area is 114 Å². The summed E-state index contributed by atoms with van der Waals surface area (Å²) in [7, 11) is -3.43. The van der Waals surface area contributed by atoms with Gasteiger partial charge >= 0.3 is 0 Å². The zero-order valence-electron chi connectivity index (χ0n) is 10.0. The zero-order chi connectivity index (χ0) is 13.2. The maximum Gasteiger partial charge on any atom is 0.251 e. The van der Waals surface area contributed by atoms with E-state index in [0.717, 1.165) is 9.88 Å². The molecule has 2 heterocycles. The monoisotopic (exact) mass is 303 g/mol. The first-order chi connectivity index (χ1) is 8.49. The molecule has 2 aromatic heterocycles. The molecule has 98 valence electrons. The minimum absolute atomic E-state index is 0.310. The molecule has 18 heavy (non-hydrogen) atoms. The molecule has 5 nitrogen and oxygen atoms in total. The first-order valence-electron chi connectivity index (χ1n) is 5.32. The number of sulfonamides is 1. The van der Waals surface area contributed by atoms with Crippen molar-refractivity contribution >= 4 is 32.9 Å². The van der Waals surface area contributed by atoms with Crippen molar-refractivity contribution in [1.82, 2.24) is 14.1 Å². The third-order valence-corrected chi connectivity index (χ3v) is 6.21. The number of hydrogen-bond acceptors (Lipinski definition) is 6. The van der Waals surface area contributed by atoms with E-state index in [1.54, 1.807) is 20.0 Å². The van der Waals surface area contributed by atoms with Crippen molar-refractivity contribution in [1.29, 1.82) is 0 Å². The van der Waals surface area contributed by atoms with Gasteiger partial charge in [-0.25, -0.2) is 22.5 Å². The number of rotatable bonds is 5. The highest BCUT2D eigenvalue weighted by molar-refractivity contribution is 7.91. The Bertz CT molecular complexity index is 617. The number of nitrogens with one attached hydrogen (secondary N) is 1. The minimum atomic E-state index is -3.43. The van der Waals surface area contributed by atoms with Crippen LogP contribution in [0.2, 0.25) is 0 Å².